The summed E-state index contributed by atoms with van der Waals surface area (Å²) in [6.07, 6.45) is 1.51. The first kappa shape index (κ1) is 20.9. The van der Waals surface area contributed by atoms with Gasteiger partial charge in [-0.15, -0.1) is 5.10 Å². The van der Waals surface area contributed by atoms with Crippen LogP contribution in [0.5, 0.6) is 5.75 Å². The quantitative estimate of drug-likeness (QED) is 0.656. The third-order valence-corrected chi connectivity index (χ3v) is 4.74. The second-order valence-corrected chi connectivity index (χ2v) is 8.46. The zero-order chi connectivity index (χ0) is 21.0. The molecule has 2 aromatic rings. The van der Waals surface area contributed by atoms with E-state index in [4.69, 9.17) is 9.47 Å². The van der Waals surface area contributed by atoms with Crippen LogP contribution in [-0.2, 0) is 9.53 Å². The van der Waals surface area contributed by atoms with Crippen molar-refractivity contribution in [3.05, 3.63) is 18.2 Å². The summed E-state index contributed by atoms with van der Waals surface area (Å²) in [6, 6.07) is 5.30. The normalized spacial score (nSPS) is 13.7. The molecule has 1 fully saturated rings. The number of hydrogen-bond acceptors (Lipinski definition) is 8. The number of aromatic nitrogens is 4. The topological polar surface area (TPSA) is 120 Å². The Morgan fingerprint density at radius 2 is 2.03 bits per heavy atom. The van der Waals surface area contributed by atoms with E-state index in [-0.39, 0.29) is 11.7 Å². The molecule has 29 heavy (non-hydrogen) atoms. The molecule has 0 aliphatic heterocycles. The van der Waals surface area contributed by atoms with Crippen molar-refractivity contribution in [1.82, 2.24) is 20.2 Å². The number of benzene rings is 1. The minimum absolute atomic E-state index is 0.161. The molecule has 1 aliphatic rings. The molecule has 1 heterocycles. The van der Waals surface area contributed by atoms with E-state index in [0.717, 1.165) is 12.8 Å². The maximum atomic E-state index is 12.3. The Morgan fingerprint density at radius 1 is 1.28 bits per heavy atom. The smallest absolute Gasteiger partial charge is 0.412 e. The van der Waals surface area contributed by atoms with Gasteiger partial charge in [0.05, 0.1) is 24.6 Å². The van der Waals surface area contributed by atoms with Crippen LogP contribution < -0.4 is 15.4 Å². The van der Waals surface area contributed by atoms with Gasteiger partial charge in [-0.1, -0.05) is 11.8 Å². The third kappa shape index (κ3) is 6.08. The highest BCUT2D eigenvalue weighted by atomic mass is 32.2. The summed E-state index contributed by atoms with van der Waals surface area (Å²) in [6.45, 7) is 5.33. The second kappa shape index (κ2) is 8.68. The first-order valence-corrected chi connectivity index (χ1v) is 10.1. The van der Waals surface area contributed by atoms with Crippen LogP contribution >= 0.6 is 11.8 Å². The van der Waals surface area contributed by atoms with E-state index >= 15 is 0 Å². The molecule has 156 valence electrons. The molecule has 3 rings (SSSR count). The highest BCUT2D eigenvalue weighted by Crippen LogP contribution is 2.36. The van der Waals surface area contributed by atoms with Crippen molar-refractivity contribution in [3.8, 4) is 5.75 Å². The molecule has 10 nitrogen and oxygen atoms in total. The third-order valence-electron chi connectivity index (χ3n) is 3.81. The average molecular weight is 420 g/mol. The van der Waals surface area contributed by atoms with Crippen molar-refractivity contribution in [2.75, 3.05) is 23.5 Å². The van der Waals surface area contributed by atoms with Gasteiger partial charge in [-0.05, 0) is 62.2 Å². The largest absolute Gasteiger partial charge is 0.495 e. The van der Waals surface area contributed by atoms with Crippen LogP contribution in [0.1, 0.15) is 39.7 Å². The number of anilines is 2. The highest BCUT2D eigenvalue weighted by Gasteiger charge is 2.28. The van der Waals surface area contributed by atoms with Crippen molar-refractivity contribution in [3.63, 3.8) is 0 Å². The molecule has 1 aromatic heterocycles. The molecular weight excluding hydrogens is 396 g/mol. The van der Waals surface area contributed by atoms with Gasteiger partial charge in [0.1, 0.15) is 11.4 Å². The van der Waals surface area contributed by atoms with Crippen LogP contribution in [0.3, 0.4) is 0 Å². The fraction of sp³-hybridized carbons (Fsp3) is 0.500. The van der Waals surface area contributed by atoms with Gasteiger partial charge >= 0.3 is 6.09 Å². The van der Waals surface area contributed by atoms with Crippen LogP contribution in [-0.4, -0.2) is 50.7 Å². The van der Waals surface area contributed by atoms with Gasteiger partial charge in [0.25, 0.3) is 0 Å². The minimum Gasteiger partial charge on any atom is -0.495 e. The van der Waals surface area contributed by atoms with E-state index in [0.29, 0.717) is 28.3 Å². The molecule has 0 spiro atoms. The van der Waals surface area contributed by atoms with Crippen LogP contribution in [0.25, 0.3) is 0 Å². The first-order valence-electron chi connectivity index (χ1n) is 9.14. The van der Waals surface area contributed by atoms with Gasteiger partial charge in [-0.2, -0.15) is 0 Å². The van der Waals surface area contributed by atoms with Crippen molar-refractivity contribution >= 4 is 35.1 Å². The number of nitrogens with zero attached hydrogens (tertiary/aromatic N) is 4. The number of carbonyl (C=O) groups is 2. The van der Waals surface area contributed by atoms with Gasteiger partial charge in [0, 0.05) is 5.69 Å². The Bertz CT molecular complexity index is 891. The monoisotopic (exact) mass is 420 g/mol. The molecule has 2 amide bonds. The zero-order valence-electron chi connectivity index (χ0n) is 16.8. The molecule has 1 aliphatic carbocycles. The predicted octanol–water partition coefficient (Wildman–Crippen LogP) is 3.09. The molecule has 0 atom stereocenters. The highest BCUT2D eigenvalue weighted by molar-refractivity contribution is 7.99. The van der Waals surface area contributed by atoms with E-state index in [1.807, 2.05) is 0 Å². The Balaban J connectivity index is 1.60. The van der Waals surface area contributed by atoms with Gasteiger partial charge in [-0.3, -0.25) is 10.1 Å². The van der Waals surface area contributed by atoms with E-state index in [1.165, 1.54) is 18.9 Å². The van der Waals surface area contributed by atoms with Crippen molar-refractivity contribution in [1.29, 1.82) is 0 Å². The number of carbonyl (C=O) groups excluding carboxylic acids is 2. The molecule has 0 radical (unpaired) electrons. The van der Waals surface area contributed by atoms with E-state index in [1.54, 1.807) is 43.7 Å². The molecule has 11 heteroatoms. The Morgan fingerprint density at radius 3 is 2.69 bits per heavy atom. The number of tetrazole rings is 1. The summed E-state index contributed by atoms with van der Waals surface area (Å²) < 4.78 is 12.3. The number of ether oxygens (including phenoxy) is 2. The van der Waals surface area contributed by atoms with Crippen LogP contribution in [0, 0.1) is 0 Å². The predicted molar refractivity (Wildman–Crippen MR) is 108 cm³/mol. The fourth-order valence-corrected chi connectivity index (χ4v) is 3.20. The zero-order valence-corrected chi connectivity index (χ0v) is 17.6. The SMILES string of the molecule is COc1ccc(NC(=O)CSc2nnnn2C2CC2)cc1NC(=O)OC(C)(C)C. The van der Waals surface area contributed by atoms with Gasteiger partial charge in [-0.25, -0.2) is 9.48 Å². The maximum absolute atomic E-state index is 12.3. The van der Waals surface area contributed by atoms with E-state index in [2.05, 4.69) is 26.2 Å². The Labute approximate surface area is 172 Å². The number of amides is 2. The Kier molecular flexibility index (Phi) is 6.26. The van der Waals surface area contributed by atoms with E-state index in [9.17, 15) is 9.59 Å². The first-order chi connectivity index (χ1) is 13.7. The molecule has 0 saturated heterocycles. The lowest BCUT2D eigenvalue weighted by Gasteiger charge is -2.20. The molecular formula is C18H24N6O4S. The molecule has 0 bridgehead atoms. The number of methoxy groups -OCH3 is 1. The number of nitrogens with one attached hydrogen (secondary N) is 2. The lowest BCUT2D eigenvalue weighted by atomic mass is 10.2. The number of rotatable bonds is 7. The van der Waals surface area contributed by atoms with Crippen LogP contribution in [0.15, 0.2) is 23.4 Å². The average Bonchev–Trinajstić information content (AvgIpc) is 3.36. The Hall–Kier alpha value is -2.82. The standard InChI is InChI=1S/C18H24N6O4S/c1-18(2,3)28-17(26)20-13-9-11(5-8-14(13)27-4)19-15(25)10-29-16-21-22-23-24(16)12-6-7-12/h5,8-9,12H,6-7,10H2,1-4H3,(H,19,25)(H,20,26). The summed E-state index contributed by atoms with van der Waals surface area (Å²) in [5.41, 5.74) is 0.283. The van der Waals surface area contributed by atoms with E-state index < -0.39 is 11.7 Å². The van der Waals surface area contributed by atoms with Crippen molar-refractivity contribution < 1.29 is 19.1 Å². The summed E-state index contributed by atoms with van der Waals surface area (Å²) >= 11 is 1.28. The van der Waals surface area contributed by atoms with Crippen LogP contribution in [0.2, 0.25) is 0 Å². The summed E-state index contributed by atoms with van der Waals surface area (Å²) in [5.74, 6) is 0.397. The summed E-state index contributed by atoms with van der Waals surface area (Å²) in [5, 5.41) is 17.7. The summed E-state index contributed by atoms with van der Waals surface area (Å²) in [4.78, 5) is 24.4. The van der Waals surface area contributed by atoms with Crippen molar-refractivity contribution in [2.24, 2.45) is 0 Å². The molecule has 0 unspecified atom stereocenters. The van der Waals surface area contributed by atoms with Gasteiger partial charge in [0.15, 0.2) is 0 Å². The number of hydrogen-bond donors (Lipinski definition) is 2. The lowest BCUT2D eigenvalue weighted by Crippen LogP contribution is -2.27. The van der Waals surface area contributed by atoms with Crippen LogP contribution in [0.4, 0.5) is 16.2 Å². The fourth-order valence-electron chi connectivity index (χ4n) is 2.45. The van der Waals surface area contributed by atoms with Crippen molar-refractivity contribution in [2.45, 2.75) is 50.4 Å². The lowest BCUT2D eigenvalue weighted by molar-refractivity contribution is -0.113. The second-order valence-electron chi connectivity index (χ2n) is 7.52. The number of thioether (sulfide) groups is 1. The summed E-state index contributed by atoms with van der Waals surface area (Å²) in [7, 11) is 1.49. The molecule has 2 N–H and O–H groups in total. The van der Waals surface area contributed by atoms with Gasteiger partial charge < -0.3 is 14.8 Å². The molecule has 1 saturated carbocycles. The minimum atomic E-state index is -0.629. The molecule has 1 aromatic carbocycles. The maximum Gasteiger partial charge on any atom is 0.412 e. The van der Waals surface area contributed by atoms with Gasteiger partial charge in [0.2, 0.25) is 11.1 Å².